The summed E-state index contributed by atoms with van der Waals surface area (Å²) >= 11 is 0. The minimum atomic E-state index is -0.119. The van der Waals surface area contributed by atoms with Crippen molar-refractivity contribution in [3.63, 3.8) is 0 Å². The van der Waals surface area contributed by atoms with Crippen LogP contribution < -0.4 is 5.32 Å². The predicted octanol–water partition coefficient (Wildman–Crippen LogP) is 2.56. The van der Waals surface area contributed by atoms with E-state index >= 15 is 0 Å². The largest absolute Gasteiger partial charge is 0.392 e. The van der Waals surface area contributed by atoms with Crippen molar-refractivity contribution in [3.05, 3.63) is 0 Å². The highest BCUT2D eigenvalue weighted by atomic mass is 16.3. The number of aliphatic hydroxyl groups is 1. The lowest BCUT2D eigenvalue weighted by Crippen LogP contribution is -2.41. The first-order valence-electron chi connectivity index (χ1n) is 6.52. The number of hydrogen-bond acceptors (Lipinski definition) is 2. The van der Waals surface area contributed by atoms with Crippen molar-refractivity contribution in [2.75, 3.05) is 6.54 Å². The topological polar surface area (TPSA) is 32.3 Å². The molecule has 2 nitrogen and oxygen atoms in total. The zero-order valence-corrected chi connectivity index (χ0v) is 10.5. The summed E-state index contributed by atoms with van der Waals surface area (Å²) in [6.07, 6.45) is 5.75. The van der Waals surface area contributed by atoms with E-state index < -0.39 is 0 Å². The van der Waals surface area contributed by atoms with Crippen LogP contribution in [0.3, 0.4) is 0 Å². The summed E-state index contributed by atoms with van der Waals surface area (Å²) in [5.74, 6) is 1.42. The van der Waals surface area contributed by atoms with E-state index in [1.165, 1.54) is 19.3 Å². The summed E-state index contributed by atoms with van der Waals surface area (Å²) in [6, 6.07) is 0.341. The Balaban J connectivity index is 2.29. The Morgan fingerprint density at radius 3 is 2.47 bits per heavy atom. The average Bonchev–Trinajstić information content (AvgIpc) is 2.39. The van der Waals surface area contributed by atoms with Gasteiger partial charge in [0.05, 0.1) is 6.10 Å². The van der Waals surface area contributed by atoms with Crippen molar-refractivity contribution in [3.8, 4) is 0 Å². The van der Waals surface area contributed by atoms with Gasteiger partial charge in [-0.25, -0.2) is 0 Å². The molecule has 1 aliphatic carbocycles. The first-order chi connectivity index (χ1) is 7.11. The van der Waals surface area contributed by atoms with Crippen LogP contribution in [0, 0.1) is 11.8 Å². The van der Waals surface area contributed by atoms with Crippen molar-refractivity contribution in [1.82, 2.24) is 5.32 Å². The van der Waals surface area contributed by atoms with E-state index in [1.807, 2.05) is 0 Å². The maximum Gasteiger partial charge on any atom is 0.0693 e. The van der Waals surface area contributed by atoms with E-state index in [4.69, 9.17) is 0 Å². The first kappa shape index (κ1) is 13.0. The fourth-order valence-electron chi connectivity index (χ4n) is 2.10. The molecule has 3 unspecified atom stereocenters. The Morgan fingerprint density at radius 2 is 1.80 bits per heavy atom. The van der Waals surface area contributed by atoms with Gasteiger partial charge in [0.1, 0.15) is 0 Å². The van der Waals surface area contributed by atoms with Crippen LogP contribution in [0.15, 0.2) is 0 Å². The third-order valence-corrected chi connectivity index (χ3v) is 3.82. The summed E-state index contributed by atoms with van der Waals surface area (Å²) in [5.41, 5.74) is 0. The summed E-state index contributed by atoms with van der Waals surface area (Å²) in [6.45, 7) is 7.84. The first-order valence-corrected chi connectivity index (χ1v) is 6.52. The third kappa shape index (κ3) is 4.52. The molecular weight excluding hydrogens is 186 g/mol. The minimum Gasteiger partial charge on any atom is -0.392 e. The molecule has 2 heteroatoms. The van der Waals surface area contributed by atoms with Gasteiger partial charge in [-0.15, -0.1) is 0 Å². The Bertz CT molecular complexity index is 170. The molecule has 0 radical (unpaired) electrons. The molecule has 1 rings (SSSR count). The van der Waals surface area contributed by atoms with Crippen LogP contribution in [0.2, 0.25) is 0 Å². The number of hydrogen-bond donors (Lipinski definition) is 2. The summed E-state index contributed by atoms with van der Waals surface area (Å²) in [7, 11) is 0. The molecule has 0 amide bonds. The Kier molecular flexibility index (Phi) is 5.62. The number of aliphatic hydroxyl groups excluding tert-OH is 1. The molecule has 0 bridgehead atoms. The predicted molar refractivity (Wildman–Crippen MR) is 64.9 cm³/mol. The van der Waals surface area contributed by atoms with Crippen LogP contribution in [0.25, 0.3) is 0 Å². The molecule has 1 aliphatic rings. The average molecular weight is 213 g/mol. The van der Waals surface area contributed by atoms with E-state index in [0.29, 0.717) is 12.0 Å². The maximum atomic E-state index is 9.94. The van der Waals surface area contributed by atoms with Gasteiger partial charge in [-0.2, -0.15) is 0 Å². The monoisotopic (exact) mass is 213 g/mol. The number of nitrogens with one attached hydrogen (secondary N) is 1. The second-order valence-electron chi connectivity index (χ2n) is 5.44. The van der Waals surface area contributed by atoms with Gasteiger partial charge in [-0.1, -0.05) is 40.0 Å². The summed E-state index contributed by atoms with van der Waals surface area (Å²) < 4.78 is 0. The lowest BCUT2D eigenvalue weighted by molar-refractivity contribution is 0.116. The standard InChI is InChI=1S/C13H27NO/c1-10(2)11(3)9-14-12-7-5-4-6-8-13(12)15/h10-15H,4-9H2,1-3H3. The molecule has 1 saturated carbocycles. The molecule has 0 aromatic rings. The van der Waals surface area contributed by atoms with Crippen LogP contribution in [0.4, 0.5) is 0 Å². The van der Waals surface area contributed by atoms with Gasteiger partial charge in [0.2, 0.25) is 0 Å². The number of rotatable bonds is 4. The normalized spacial score (nSPS) is 30.2. The van der Waals surface area contributed by atoms with Gasteiger partial charge in [-0.3, -0.25) is 0 Å². The van der Waals surface area contributed by atoms with Crippen LogP contribution in [-0.4, -0.2) is 23.8 Å². The fourth-order valence-corrected chi connectivity index (χ4v) is 2.10. The van der Waals surface area contributed by atoms with E-state index in [0.717, 1.165) is 25.3 Å². The molecule has 0 aliphatic heterocycles. The molecule has 90 valence electrons. The van der Waals surface area contributed by atoms with Gasteiger partial charge in [-0.05, 0) is 31.2 Å². The molecule has 1 fully saturated rings. The van der Waals surface area contributed by atoms with E-state index in [2.05, 4.69) is 26.1 Å². The Hall–Kier alpha value is -0.0800. The van der Waals surface area contributed by atoms with Gasteiger partial charge >= 0.3 is 0 Å². The van der Waals surface area contributed by atoms with Crippen molar-refractivity contribution in [2.24, 2.45) is 11.8 Å². The molecule has 0 saturated heterocycles. The lowest BCUT2D eigenvalue weighted by Gasteiger charge is -2.25. The van der Waals surface area contributed by atoms with E-state index in [1.54, 1.807) is 0 Å². The molecular formula is C13H27NO. The molecule has 0 heterocycles. The van der Waals surface area contributed by atoms with Crippen LogP contribution in [0.5, 0.6) is 0 Å². The molecule has 0 spiro atoms. The zero-order valence-electron chi connectivity index (χ0n) is 10.5. The second-order valence-corrected chi connectivity index (χ2v) is 5.44. The smallest absolute Gasteiger partial charge is 0.0693 e. The highest BCUT2D eigenvalue weighted by molar-refractivity contribution is 4.79. The maximum absolute atomic E-state index is 9.94. The second kappa shape index (κ2) is 6.49. The van der Waals surface area contributed by atoms with Crippen LogP contribution in [0.1, 0.15) is 52.9 Å². The zero-order chi connectivity index (χ0) is 11.3. The summed E-state index contributed by atoms with van der Waals surface area (Å²) in [5, 5.41) is 13.5. The molecule has 15 heavy (non-hydrogen) atoms. The third-order valence-electron chi connectivity index (χ3n) is 3.82. The van der Waals surface area contributed by atoms with Crippen molar-refractivity contribution in [1.29, 1.82) is 0 Å². The van der Waals surface area contributed by atoms with Gasteiger partial charge in [0.15, 0.2) is 0 Å². The van der Waals surface area contributed by atoms with Crippen LogP contribution >= 0.6 is 0 Å². The fraction of sp³-hybridized carbons (Fsp3) is 1.00. The highest BCUT2D eigenvalue weighted by Crippen LogP contribution is 2.18. The Morgan fingerprint density at radius 1 is 1.13 bits per heavy atom. The van der Waals surface area contributed by atoms with E-state index in [-0.39, 0.29) is 6.10 Å². The Labute approximate surface area is 94.5 Å². The summed E-state index contributed by atoms with van der Waals surface area (Å²) in [4.78, 5) is 0. The molecule has 0 aromatic heterocycles. The SMILES string of the molecule is CC(C)C(C)CNC1CCCCCC1O. The van der Waals surface area contributed by atoms with Crippen LogP contribution in [-0.2, 0) is 0 Å². The van der Waals surface area contributed by atoms with Crippen molar-refractivity contribution in [2.45, 2.75) is 65.0 Å². The molecule has 0 aromatic carbocycles. The minimum absolute atomic E-state index is 0.119. The van der Waals surface area contributed by atoms with E-state index in [9.17, 15) is 5.11 Å². The van der Waals surface area contributed by atoms with Crippen molar-refractivity contribution >= 4 is 0 Å². The van der Waals surface area contributed by atoms with Gasteiger partial charge < -0.3 is 10.4 Å². The van der Waals surface area contributed by atoms with Crippen molar-refractivity contribution < 1.29 is 5.11 Å². The van der Waals surface area contributed by atoms with Gasteiger partial charge in [0, 0.05) is 6.04 Å². The quantitative estimate of drug-likeness (QED) is 0.703. The van der Waals surface area contributed by atoms with Gasteiger partial charge in [0.25, 0.3) is 0 Å². The molecule has 3 atom stereocenters. The highest BCUT2D eigenvalue weighted by Gasteiger charge is 2.21. The lowest BCUT2D eigenvalue weighted by atomic mass is 9.97. The molecule has 2 N–H and O–H groups in total.